The lowest BCUT2D eigenvalue weighted by molar-refractivity contribution is 0.104. The molecule has 2 aromatic carbocycles. The summed E-state index contributed by atoms with van der Waals surface area (Å²) >= 11 is 23.8. The number of anilines is 1. The number of carbonyl (C=O) groups is 1. The van der Waals surface area contributed by atoms with Gasteiger partial charge in [-0.25, -0.2) is 0 Å². The van der Waals surface area contributed by atoms with Crippen molar-refractivity contribution >= 4 is 57.9 Å². The van der Waals surface area contributed by atoms with E-state index in [1.807, 2.05) is 30.1 Å². The van der Waals surface area contributed by atoms with Crippen LogP contribution in [0.1, 0.15) is 35.3 Å². The number of nitrogens with zero attached hydrogens (tertiary/aromatic N) is 1. The van der Waals surface area contributed by atoms with E-state index < -0.39 is 3.79 Å². The zero-order valence-electron chi connectivity index (χ0n) is 14.5. The number of hydrogen-bond acceptors (Lipinski definition) is 2. The summed E-state index contributed by atoms with van der Waals surface area (Å²) < 4.78 is -1.51. The smallest absolute Gasteiger partial charge is 0.216 e. The second kappa shape index (κ2) is 6.76. The van der Waals surface area contributed by atoms with E-state index in [2.05, 4.69) is 13.8 Å². The highest BCUT2D eigenvalue weighted by atomic mass is 35.6. The van der Waals surface area contributed by atoms with Gasteiger partial charge in [-0.2, -0.15) is 0 Å². The molecular weight excluding hydrogens is 412 g/mol. The molecule has 136 valence electrons. The number of carbonyl (C=O) groups excluding carboxylic acids is 1. The first-order chi connectivity index (χ1) is 12.0. The summed E-state index contributed by atoms with van der Waals surface area (Å²) in [6.45, 7) is 4.16. The van der Waals surface area contributed by atoms with Crippen molar-refractivity contribution in [2.24, 2.45) is 0 Å². The first-order valence-electron chi connectivity index (χ1n) is 7.99. The molecule has 3 rings (SSSR count). The molecule has 0 aromatic heterocycles. The van der Waals surface area contributed by atoms with E-state index in [-0.39, 0.29) is 11.2 Å². The number of alkyl halides is 3. The third kappa shape index (κ3) is 3.48. The lowest BCUT2D eigenvalue weighted by atomic mass is 9.83. The molecule has 2 nitrogen and oxygen atoms in total. The summed E-state index contributed by atoms with van der Waals surface area (Å²) in [5.41, 5.74) is 3.77. The Morgan fingerprint density at radius 3 is 2.27 bits per heavy atom. The molecule has 0 N–H and O–H groups in total. The Morgan fingerprint density at radius 2 is 1.69 bits per heavy atom. The maximum Gasteiger partial charge on any atom is 0.216 e. The highest BCUT2D eigenvalue weighted by molar-refractivity contribution is 6.66. The summed E-state index contributed by atoms with van der Waals surface area (Å²) in [5, 5.41) is 0.681. The van der Waals surface area contributed by atoms with Gasteiger partial charge in [0.05, 0.1) is 0 Å². The van der Waals surface area contributed by atoms with Crippen LogP contribution < -0.4 is 4.90 Å². The van der Waals surface area contributed by atoms with Gasteiger partial charge in [0, 0.05) is 46.1 Å². The molecule has 2 aromatic rings. The van der Waals surface area contributed by atoms with Gasteiger partial charge in [-0.3, -0.25) is 4.79 Å². The molecule has 0 amide bonds. The Kier molecular flexibility index (Phi) is 5.09. The lowest BCUT2D eigenvalue weighted by Crippen LogP contribution is -2.24. The summed E-state index contributed by atoms with van der Waals surface area (Å²) in [4.78, 5) is 14.8. The number of ketones is 1. The monoisotopic (exact) mass is 427 g/mol. The molecule has 0 unspecified atom stereocenters. The zero-order chi connectivity index (χ0) is 19.3. The van der Waals surface area contributed by atoms with Crippen molar-refractivity contribution in [2.45, 2.75) is 23.1 Å². The molecule has 0 aliphatic carbocycles. The van der Waals surface area contributed by atoms with Gasteiger partial charge in [0.15, 0.2) is 5.78 Å². The Balaban J connectivity index is 1.96. The second-order valence-electron chi connectivity index (χ2n) is 6.81. The van der Waals surface area contributed by atoms with Crippen molar-refractivity contribution in [1.82, 2.24) is 0 Å². The van der Waals surface area contributed by atoms with Crippen LogP contribution in [-0.2, 0) is 9.21 Å². The number of likely N-dealkylation sites (N-methyl/N-ethyl adjacent to an activating group) is 1. The van der Waals surface area contributed by atoms with Crippen LogP contribution in [0.3, 0.4) is 0 Å². The fraction of sp³-hybridized carbons (Fsp3) is 0.250. The zero-order valence-corrected chi connectivity index (χ0v) is 17.5. The molecule has 26 heavy (non-hydrogen) atoms. The van der Waals surface area contributed by atoms with Gasteiger partial charge in [0.2, 0.25) is 3.79 Å². The topological polar surface area (TPSA) is 20.3 Å². The van der Waals surface area contributed by atoms with Gasteiger partial charge in [-0.15, -0.1) is 0 Å². The van der Waals surface area contributed by atoms with Crippen LogP contribution in [0.15, 0.2) is 54.2 Å². The van der Waals surface area contributed by atoms with Crippen LogP contribution >= 0.6 is 46.4 Å². The van der Waals surface area contributed by atoms with Gasteiger partial charge < -0.3 is 4.90 Å². The van der Waals surface area contributed by atoms with Crippen LogP contribution in [0.2, 0.25) is 5.02 Å². The number of allylic oxidation sites excluding steroid dienone is 2. The average Bonchev–Trinajstić information content (AvgIpc) is 2.75. The van der Waals surface area contributed by atoms with Crippen molar-refractivity contribution in [2.75, 3.05) is 11.9 Å². The summed E-state index contributed by atoms with van der Waals surface area (Å²) in [6, 6.07) is 12.4. The predicted molar refractivity (Wildman–Crippen MR) is 111 cm³/mol. The summed E-state index contributed by atoms with van der Waals surface area (Å²) in [5.74, 6) is -0.102. The van der Waals surface area contributed by atoms with Crippen LogP contribution in [0, 0.1) is 0 Å². The molecular formula is C20H17Cl4NO. The van der Waals surface area contributed by atoms with Crippen LogP contribution in [0.25, 0.3) is 0 Å². The number of halogens is 4. The minimum Gasteiger partial charge on any atom is -0.347 e. The molecule has 0 saturated carbocycles. The first kappa shape index (κ1) is 19.6. The highest BCUT2D eigenvalue weighted by Crippen LogP contribution is 2.47. The summed E-state index contributed by atoms with van der Waals surface area (Å²) in [6.07, 6.45) is 1.66. The third-order valence-electron chi connectivity index (χ3n) is 4.76. The number of benzene rings is 2. The summed E-state index contributed by atoms with van der Waals surface area (Å²) in [7, 11) is 1.95. The molecule has 0 bridgehead atoms. The SMILES string of the molecule is CN1C(=CC(=O)c2ccc(C(Cl)(Cl)Cl)cc2)C(C)(C)c2cc(Cl)ccc21. The normalized spacial score (nSPS) is 17.5. The number of rotatable bonds is 2. The van der Waals surface area contributed by atoms with Crippen molar-refractivity contribution in [3.63, 3.8) is 0 Å². The minimum atomic E-state index is -1.51. The molecule has 6 heteroatoms. The Morgan fingerprint density at radius 1 is 1.08 bits per heavy atom. The first-order valence-corrected chi connectivity index (χ1v) is 9.50. The molecule has 1 aliphatic rings. The van der Waals surface area contributed by atoms with Crippen LogP contribution in [-0.4, -0.2) is 12.8 Å². The maximum atomic E-state index is 12.8. The molecule has 0 spiro atoms. The van der Waals surface area contributed by atoms with Crippen molar-refractivity contribution in [3.05, 3.63) is 76.0 Å². The fourth-order valence-corrected chi connectivity index (χ4v) is 3.85. The van der Waals surface area contributed by atoms with Gasteiger partial charge in [-0.05, 0) is 23.8 Å². The van der Waals surface area contributed by atoms with E-state index >= 15 is 0 Å². The van der Waals surface area contributed by atoms with E-state index in [0.717, 1.165) is 16.9 Å². The van der Waals surface area contributed by atoms with Crippen LogP contribution in [0.5, 0.6) is 0 Å². The quantitative estimate of drug-likeness (QED) is 0.302. The fourth-order valence-electron chi connectivity index (χ4n) is 3.30. The molecule has 1 heterocycles. The Labute approximate surface area is 173 Å². The maximum absolute atomic E-state index is 12.8. The molecule has 1 aliphatic heterocycles. The predicted octanol–water partition coefficient (Wildman–Crippen LogP) is 6.66. The van der Waals surface area contributed by atoms with Gasteiger partial charge in [-0.1, -0.05) is 84.5 Å². The lowest BCUT2D eigenvalue weighted by Gasteiger charge is -2.24. The second-order valence-corrected chi connectivity index (χ2v) is 9.53. The molecule has 0 saturated heterocycles. The standard InChI is InChI=1S/C20H17Cl4NO/c1-19(2)15-10-14(21)8-9-16(15)25(3)18(19)11-17(26)12-4-6-13(7-5-12)20(22,23)24/h4-11H,1-3H3. The largest absolute Gasteiger partial charge is 0.347 e. The van der Waals surface area contributed by atoms with Crippen molar-refractivity contribution in [3.8, 4) is 0 Å². The van der Waals surface area contributed by atoms with E-state index in [1.165, 1.54) is 0 Å². The van der Waals surface area contributed by atoms with E-state index in [1.54, 1.807) is 30.3 Å². The average molecular weight is 429 g/mol. The minimum absolute atomic E-state index is 0.102. The Bertz CT molecular complexity index is 895. The van der Waals surface area contributed by atoms with E-state index in [4.69, 9.17) is 46.4 Å². The number of fused-ring (bicyclic) bond motifs is 1. The third-order valence-corrected chi connectivity index (χ3v) is 5.65. The van der Waals surface area contributed by atoms with Gasteiger partial charge in [0.25, 0.3) is 0 Å². The molecule has 0 atom stereocenters. The van der Waals surface area contributed by atoms with Crippen molar-refractivity contribution < 1.29 is 4.79 Å². The van der Waals surface area contributed by atoms with E-state index in [0.29, 0.717) is 16.1 Å². The molecule has 0 radical (unpaired) electrons. The van der Waals surface area contributed by atoms with Crippen molar-refractivity contribution in [1.29, 1.82) is 0 Å². The Hall–Kier alpha value is -1.19. The van der Waals surface area contributed by atoms with Crippen LogP contribution in [0.4, 0.5) is 5.69 Å². The van der Waals surface area contributed by atoms with Gasteiger partial charge in [0.1, 0.15) is 0 Å². The van der Waals surface area contributed by atoms with E-state index in [9.17, 15) is 4.79 Å². The van der Waals surface area contributed by atoms with Gasteiger partial charge >= 0.3 is 0 Å². The number of hydrogen-bond donors (Lipinski definition) is 0. The molecule has 0 fully saturated rings. The highest BCUT2D eigenvalue weighted by Gasteiger charge is 2.39.